The summed E-state index contributed by atoms with van der Waals surface area (Å²) in [6.45, 7) is 1.91. The average Bonchev–Trinajstić information content (AvgIpc) is 3.41. The van der Waals surface area contributed by atoms with E-state index in [2.05, 4.69) is 30.3 Å². The lowest BCUT2D eigenvalue weighted by Crippen LogP contribution is -2.43. The molecule has 2 N–H and O–H groups in total. The second kappa shape index (κ2) is 9.02. The van der Waals surface area contributed by atoms with Crippen molar-refractivity contribution in [1.29, 1.82) is 0 Å². The quantitative estimate of drug-likeness (QED) is 0.489. The normalized spacial score (nSPS) is 27.2. The van der Waals surface area contributed by atoms with E-state index in [1.165, 1.54) is 18.5 Å². The van der Waals surface area contributed by atoms with Crippen LogP contribution in [0.5, 0.6) is 0 Å². The zero-order valence-corrected chi connectivity index (χ0v) is 21.4. The molecule has 2 atom stereocenters. The predicted octanol–water partition coefficient (Wildman–Crippen LogP) is 3.61. The molecule has 2 bridgehead atoms. The first-order valence-corrected chi connectivity index (χ1v) is 14.4. The van der Waals surface area contributed by atoms with E-state index in [0.29, 0.717) is 30.4 Å². The number of aliphatic hydroxyl groups is 1. The first kappa shape index (κ1) is 24.2. The van der Waals surface area contributed by atoms with Gasteiger partial charge in [-0.05, 0) is 63.6 Å². The molecule has 37 heavy (non-hydrogen) atoms. The summed E-state index contributed by atoms with van der Waals surface area (Å²) >= 11 is 0. The fourth-order valence-electron chi connectivity index (χ4n) is 5.88. The Morgan fingerprint density at radius 3 is 2.49 bits per heavy atom. The number of aromatic nitrogens is 4. The number of hydrogen-bond donors (Lipinski definition) is 2. The number of halogens is 1. The van der Waals surface area contributed by atoms with Crippen molar-refractivity contribution < 1.29 is 22.4 Å². The summed E-state index contributed by atoms with van der Waals surface area (Å²) in [5.74, 6) is 2.37. The summed E-state index contributed by atoms with van der Waals surface area (Å²) in [5, 5.41) is 16.8. The van der Waals surface area contributed by atoms with E-state index in [1.807, 2.05) is 6.92 Å². The van der Waals surface area contributed by atoms with Crippen molar-refractivity contribution in [2.24, 2.45) is 0 Å². The van der Waals surface area contributed by atoms with E-state index in [1.54, 1.807) is 0 Å². The Bertz CT molecular complexity index is 1430. The molecule has 12 heteroatoms. The topological polar surface area (TPSA) is 134 Å². The maximum atomic E-state index is 14.7. The highest BCUT2D eigenvalue weighted by atomic mass is 32.2. The van der Waals surface area contributed by atoms with Gasteiger partial charge < -0.3 is 19.8 Å². The Morgan fingerprint density at radius 1 is 1.11 bits per heavy atom. The Hall–Kier alpha value is -3.12. The van der Waals surface area contributed by atoms with Crippen molar-refractivity contribution in [3.05, 3.63) is 47.6 Å². The lowest BCUT2D eigenvalue weighted by Gasteiger charge is -2.39. The van der Waals surface area contributed by atoms with Gasteiger partial charge in [-0.1, -0.05) is 5.16 Å². The molecule has 0 radical (unpaired) electrons. The number of rotatable bonds is 6. The molecular formula is C25H29FN6O4S. The standard InChI is InChI=1S/C25H29FN6O4S/c1-13-22(29-21-6-5-19(11-20(21)26)37(2,34)35)27-12-28-24(13)32-16-3-4-17(32)8-15(7-16)25-30-23(31-36-25)14-9-18(33)10-14/h5-6,11-12,14-18,33H,3-4,7-10H2,1-2H3,(H,27,28,29). The zero-order valence-electron chi connectivity index (χ0n) is 20.6. The lowest BCUT2D eigenvalue weighted by atomic mass is 9.82. The smallest absolute Gasteiger partial charge is 0.229 e. The van der Waals surface area contributed by atoms with Crippen molar-refractivity contribution in [1.82, 2.24) is 20.1 Å². The van der Waals surface area contributed by atoms with E-state index in [4.69, 9.17) is 4.52 Å². The van der Waals surface area contributed by atoms with E-state index >= 15 is 0 Å². The van der Waals surface area contributed by atoms with Crippen LogP contribution in [0.4, 0.5) is 21.7 Å². The summed E-state index contributed by atoms with van der Waals surface area (Å²) in [4.78, 5) is 15.9. The van der Waals surface area contributed by atoms with Gasteiger partial charge in [0.25, 0.3) is 0 Å². The van der Waals surface area contributed by atoms with Gasteiger partial charge in [0.1, 0.15) is 23.8 Å². The molecule has 6 rings (SSSR count). The third-order valence-corrected chi connectivity index (χ3v) is 9.05. The number of piperidine rings is 1. The predicted molar refractivity (Wildman–Crippen MR) is 133 cm³/mol. The number of aliphatic hydroxyl groups excluding tert-OH is 1. The Morgan fingerprint density at radius 2 is 1.84 bits per heavy atom. The van der Waals surface area contributed by atoms with Crippen molar-refractivity contribution in [2.75, 3.05) is 16.5 Å². The lowest BCUT2D eigenvalue weighted by molar-refractivity contribution is 0.0708. The Balaban J connectivity index is 1.20. The van der Waals surface area contributed by atoms with E-state index in [0.717, 1.165) is 49.4 Å². The minimum Gasteiger partial charge on any atom is -0.393 e. The van der Waals surface area contributed by atoms with Crippen LogP contribution in [0.2, 0.25) is 0 Å². The molecular weight excluding hydrogens is 499 g/mol. The Kier molecular flexibility index (Phi) is 5.90. The second-order valence-corrected chi connectivity index (χ2v) is 12.5. The van der Waals surface area contributed by atoms with Gasteiger partial charge in [0.15, 0.2) is 15.7 Å². The third-order valence-electron chi connectivity index (χ3n) is 7.94. The van der Waals surface area contributed by atoms with Gasteiger partial charge in [0.2, 0.25) is 5.89 Å². The van der Waals surface area contributed by atoms with Crippen LogP contribution < -0.4 is 10.2 Å². The zero-order chi connectivity index (χ0) is 25.9. The van der Waals surface area contributed by atoms with Crippen LogP contribution in [0, 0.1) is 12.7 Å². The van der Waals surface area contributed by atoms with E-state index in [-0.39, 0.29) is 40.6 Å². The number of anilines is 3. The molecule has 2 aromatic heterocycles. The maximum Gasteiger partial charge on any atom is 0.229 e. The van der Waals surface area contributed by atoms with Crippen LogP contribution in [-0.4, -0.2) is 58.1 Å². The molecule has 0 spiro atoms. The van der Waals surface area contributed by atoms with Crippen molar-refractivity contribution >= 4 is 27.2 Å². The number of sulfone groups is 1. The number of nitrogens with zero attached hydrogens (tertiary/aromatic N) is 5. The molecule has 4 heterocycles. The van der Waals surface area contributed by atoms with Crippen LogP contribution >= 0.6 is 0 Å². The molecule has 1 saturated carbocycles. The number of nitrogens with one attached hydrogen (secondary N) is 1. The summed E-state index contributed by atoms with van der Waals surface area (Å²) in [6.07, 6.45) is 7.45. The molecule has 10 nitrogen and oxygen atoms in total. The molecule has 3 aromatic rings. The monoisotopic (exact) mass is 528 g/mol. The average molecular weight is 529 g/mol. The molecule has 1 aromatic carbocycles. The minimum atomic E-state index is -3.50. The molecule has 196 valence electrons. The van der Waals surface area contributed by atoms with Crippen LogP contribution in [0.3, 0.4) is 0 Å². The van der Waals surface area contributed by atoms with Gasteiger partial charge in [0.05, 0.1) is 16.7 Å². The molecule has 3 aliphatic rings. The van der Waals surface area contributed by atoms with E-state index < -0.39 is 15.7 Å². The maximum absolute atomic E-state index is 14.7. The summed E-state index contributed by atoms with van der Waals surface area (Å²) in [7, 11) is -3.50. The second-order valence-electron chi connectivity index (χ2n) is 10.5. The molecule has 2 aliphatic heterocycles. The highest BCUT2D eigenvalue weighted by molar-refractivity contribution is 7.90. The molecule has 2 saturated heterocycles. The molecule has 0 amide bonds. The number of fused-ring (bicyclic) bond motifs is 2. The Labute approximate surface area is 214 Å². The van der Waals surface area contributed by atoms with Gasteiger partial charge in [-0.25, -0.2) is 22.8 Å². The van der Waals surface area contributed by atoms with Crippen molar-refractivity contribution in [3.8, 4) is 0 Å². The van der Waals surface area contributed by atoms with Crippen LogP contribution in [0.1, 0.15) is 67.6 Å². The first-order valence-electron chi connectivity index (χ1n) is 12.6. The molecule has 1 aliphatic carbocycles. The van der Waals surface area contributed by atoms with Gasteiger partial charge in [-0.2, -0.15) is 4.98 Å². The van der Waals surface area contributed by atoms with Crippen LogP contribution in [0.25, 0.3) is 0 Å². The largest absolute Gasteiger partial charge is 0.393 e. The highest BCUT2D eigenvalue weighted by Gasteiger charge is 2.44. The number of hydrogen-bond acceptors (Lipinski definition) is 10. The van der Waals surface area contributed by atoms with Gasteiger partial charge in [-0.15, -0.1) is 0 Å². The summed E-state index contributed by atoms with van der Waals surface area (Å²) in [6, 6.07) is 4.31. The van der Waals surface area contributed by atoms with Crippen molar-refractivity contribution in [2.45, 2.75) is 80.4 Å². The van der Waals surface area contributed by atoms with Crippen LogP contribution in [0.15, 0.2) is 33.9 Å². The minimum absolute atomic E-state index is 0.0752. The van der Waals surface area contributed by atoms with Gasteiger partial charge in [-0.3, -0.25) is 0 Å². The van der Waals surface area contributed by atoms with Gasteiger partial charge >= 0.3 is 0 Å². The van der Waals surface area contributed by atoms with E-state index in [9.17, 15) is 17.9 Å². The number of benzene rings is 1. The molecule has 3 fully saturated rings. The fraction of sp³-hybridized carbons (Fsp3) is 0.520. The first-order chi connectivity index (χ1) is 17.7. The van der Waals surface area contributed by atoms with Crippen LogP contribution in [-0.2, 0) is 9.84 Å². The third kappa shape index (κ3) is 4.46. The summed E-state index contributed by atoms with van der Waals surface area (Å²) in [5.41, 5.74) is 0.945. The van der Waals surface area contributed by atoms with Gasteiger partial charge in [0, 0.05) is 35.7 Å². The SMILES string of the molecule is Cc1c(Nc2ccc(S(C)(=O)=O)cc2F)ncnc1N1C2CCC1CC(c1nc(C3CC(O)C3)no1)C2. The van der Waals surface area contributed by atoms with Crippen molar-refractivity contribution in [3.63, 3.8) is 0 Å². The highest BCUT2D eigenvalue weighted by Crippen LogP contribution is 2.46. The molecule has 2 unspecified atom stereocenters. The fourth-order valence-corrected chi connectivity index (χ4v) is 6.52. The summed E-state index contributed by atoms with van der Waals surface area (Å²) < 4.78 is 43.8.